The van der Waals surface area contributed by atoms with Crippen LogP contribution in [0.3, 0.4) is 0 Å². The number of halogens is 1. The molecule has 2 rings (SSSR count). The van der Waals surface area contributed by atoms with Gasteiger partial charge in [-0.05, 0) is 38.8 Å². The highest BCUT2D eigenvalue weighted by molar-refractivity contribution is 14.0. The number of nitrogens with one attached hydrogen (secondary N) is 3. The first kappa shape index (κ1) is 22.7. The van der Waals surface area contributed by atoms with E-state index in [0.717, 1.165) is 25.3 Å². The molecule has 1 fully saturated rings. The Morgan fingerprint density at radius 3 is 2.54 bits per heavy atom. The predicted molar refractivity (Wildman–Crippen MR) is 119 cm³/mol. The quantitative estimate of drug-likeness (QED) is 0.338. The van der Waals surface area contributed by atoms with E-state index in [-0.39, 0.29) is 36.4 Å². The van der Waals surface area contributed by atoms with Crippen LogP contribution in [0.4, 0.5) is 5.69 Å². The van der Waals surface area contributed by atoms with E-state index in [9.17, 15) is 4.79 Å². The Bertz CT molecular complexity index is 579. The first-order chi connectivity index (χ1) is 12.0. The number of anilines is 1. The van der Waals surface area contributed by atoms with Crippen LogP contribution in [0.1, 0.15) is 27.7 Å². The van der Waals surface area contributed by atoms with Gasteiger partial charge >= 0.3 is 0 Å². The molecule has 146 valence electrons. The molecule has 0 radical (unpaired) electrons. The fraction of sp³-hybridized carbons (Fsp3) is 0.579. The number of aliphatic imine (C=N–C) groups is 1. The molecule has 0 bridgehead atoms. The largest absolute Gasteiger partial charge is 0.357 e. The highest BCUT2D eigenvalue weighted by Gasteiger charge is 2.31. The zero-order chi connectivity index (χ0) is 18.2. The van der Waals surface area contributed by atoms with Crippen molar-refractivity contribution in [3.8, 4) is 0 Å². The van der Waals surface area contributed by atoms with Gasteiger partial charge in [0.25, 0.3) is 0 Å². The molecule has 2 unspecified atom stereocenters. The Morgan fingerprint density at radius 1 is 1.27 bits per heavy atom. The number of benzene rings is 1. The number of para-hydroxylation sites is 1. The van der Waals surface area contributed by atoms with Crippen LogP contribution < -0.4 is 16.0 Å². The van der Waals surface area contributed by atoms with Gasteiger partial charge in [0.2, 0.25) is 5.91 Å². The third-order valence-electron chi connectivity index (χ3n) is 4.48. The summed E-state index contributed by atoms with van der Waals surface area (Å²) in [6, 6.07) is 10.3. The van der Waals surface area contributed by atoms with Crippen molar-refractivity contribution < 1.29 is 4.79 Å². The Hall–Kier alpha value is -1.35. The molecule has 3 N–H and O–H groups in total. The zero-order valence-electron chi connectivity index (χ0n) is 16.2. The number of carbonyl (C=O) groups excluding carboxylic acids is 1. The molecule has 1 saturated heterocycles. The molecule has 26 heavy (non-hydrogen) atoms. The number of carbonyl (C=O) groups is 1. The van der Waals surface area contributed by atoms with Crippen molar-refractivity contribution in [1.82, 2.24) is 15.5 Å². The molecule has 1 aromatic rings. The summed E-state index contributed by atoms with van der Waals surface area (Å²) in [6.45, 7) is 11.7. The minimum absolute atomic E-state index is 0. The summed E-state index contributed by atoms with van der Waals surface area (Å²) in [5, 5.41) is 9.58. The summed E-state index contributed by atoms with van der Waals surface area (Å²) in [7, 11) is 0. The summed E-state index contributed by atoms with van der Waals surface area (Å²) >= 11 is 0. The van der Waals surface area contributed by atoms with Crippen molar-refractivity contribution >= 4 is 41.5 Å². The maximum absolute atomic E-state index is 12.1. The third-order valence-corrected chi connectivity index (χ3v) is 4.48. The maximum Gasteiger partial charge on any atom is 0.246 e. The highest BCUT2D eigenvalue weighted by Crippen LogP contribution is 2.18. The van der Waals surface area contributed by atoms with Crippen molar-refractivity contribution in [2.45, 2.75) is 39.8 Å². The van der Waals surface area contributed by atoms with Crippen LogP contribution in [0.25, 0.3) is 0 Å². The Kier molecular flexibility index (Phi) is 9.93. The molecule has 2 atom stereocenters. The van der Waals surface area contributed by atoms with Crippen molar-refractivity contribution in [2.75, 3.05) is 31.5 Å². The molecule has 1 heterocycles. The number of hydrogen-bond acceptors (Lipinski definition) is 3. The van der Waals surface area contributed by atoms with Crippen molar-refractivity contribution in [3.63, 3.8) is 0 Å². The molecule has 0 spiro atoms. The lowest BCUT2D eigenvalue weighted by Gasteiger charge is -2.21. The van der Waals surface area contributed by atoms with Gasteiger partial charge in [-0.3, -0.25) is 9.69 Å². The van der Waals surface area contributed by atoms with E-state index in [2.05, 4.69) is 46.6 Å². The molecule has 7 heteroatoms. The topological polar surface area (TPSA) is 68.8 Å². The van der Waals surface area contributed by atoms with Gasteiger partial charge in [0, 0.05) is 37.4 Å². The lowest BCUT2D eigenvalue weighted by molar-refractivity contribution is -0.114. The van der Waals surface area contributed by atoms with Crippen LogP contribution >= 0.6 is 24.0 Å². The second kappa shape index (κ2) is 11.4. The number of hydrogen-bond donors (Lipinski definition) is 3. The van der Waals surface area contributed by atoms with E-state index in [0.29, 0.717) is 24.0 Å². The number of guanidine groups is 1. The highest BCUT2D eigenvalue weighted by atomic mass is 127. The van der Waals surface area contributed by atoms with Crippen LogP contribution in [0.5, 0.6) is 0 Å². The van der Waals surface area contributed by atoms with Gasteiger partial charge in [-0.15, -0.1) is 24.0 Å². The van der Waals surface area contributed by atoms with Crippen molar-refractivity contribution in [3.05, 3.63) is 30.3 Å². The van der Waals surface area contributed by atoms with Crippen molar-refractivity contribution in [2.24, 2.45) is 10.9 Å². The fourth-order valence-corrected chi connectivity index (χ4v) is 2.98. The van der Waals surface area contributed by atoms with Gasteiger partial charge in [-0.25, -0.2) is 4.99 Å². The number of nitrogens with zero attached hydrogens (tertiary/aromatic N) is 2. The number of amides is 1. The lowest BCUT2D eigenvalue weighted by atomic mass is 10.1. The standard InChI is InChI=1S/C19H31N5O.HI/c1-5-20-19(23-17-13-24(14(2)3)12-15(17)4)21-11-18(25)22-16-9-7-6-8-10-16;/h6-10,14-15,17H,5,11-13H2,1-4H3,(H,22,25)(H2,20,21,23);1H. The second-order valence-corrected chi connectivity index (χ2v) is 6.89. The van der Waals surface area contributed by atoms with E-state index in [1.807, 2.05) is 37.3 Å². The molecule has 1 aliphatic heterocycles. The summed E-state index contributed by atoms with van der Waals surface area (Å²) in [5.41, 5.74) is 0.789. The average molecular weight is 473 g/mol. The molecular formula is C19H32IN5O. The molecule has 1 amide bonds. The minimum Gasteiger partial charge on any atom is -0.357 e. The molecular weight excluding hydrogens is 441 g/mol. The lowest BCUT2D eigenvalue weighted by Crippen LogP contribution is -2.47. The number of likely N-dealkylation sites (tertiary alicyclic amines) is 1. The molecule has 0 aliphatic carbocycles. The van der Waals surface area contributed by atoms with E-state index >= 15 is 0 Å². The second-order valence-electron chi connectivity index (χ2n) is 6.89. The monoisotopic (exact) mass is 473 g/mol. The van der Waals surface area contributed by atoms with Crippen LogP contribution in [0.15, 0.2) is 35.3 Å². The van der Waals surface area contributed by atoms with Gasteiger partial charge < -0.3 is 16.0 Å². The smallest absolute Gasteiger partial charge is 0.246 e. The summed E-state index contributed by atoms with van der Waals surface area (Å²) in [5.74, 6) is 1.13. The zero-order valence-corrected chi connectivity index (χ0v) is 18.5. The first-order valence-electron chi connectivity index (χ1n) is 9.13. The average Bonchev–Trinajstić information content (AvgIpc) is 2.95. The summed E-state index contributed by atoms with van der Waals surface area (Å²) in [6.07, 6.45) is 0. The Labute approximate surface area is 174 Å². The van der Waals surface area contributed by atoms with Gasteiger partial charge in [-0.2, -0.15) is 0 Å². The third kappa shape index (κ3) is 7.11. The summed E-state index contributed by atoms with van der Waals surface area (Å²) in [4.78, 5) is 19.0. The minimum atomic E-state index is -0.119. The van der Waals surface area contributed by atoms with Gasteiger partial charge in [0.1, 0.15) is 6.54 Å². The molecule has 6 nitrogen and oxygen atoms in total. The van der Waals surface area contributed by atoms with E-state index in [1.165, 1.54) is 0 Å². The van der Waals surface area contributed by atoms with Gasteiger partial charge in [0.05, 0.1) is 0 Å². The van der Waals surface area contributed by atoms with Crippen molar-refractivity contribution in [1.29, 1.82) is 0 Å². The SMILES string of the molecule is CCNC(=NCC(=O)Nc1ccccc1)NC1CN(C(C)C)CC1C.I. The van der Waals surface area contributed by atoms with Gasteiger partial charge in [-0.1, -0.05) is 25.1 Å². The Balaban J connectivity index is 0.00000338. The Morgan fingerprint density at radius 2 is 1.96 bits per heavy atom. The van der Waals surface area contributed by atoms with Crippen LogP contribution in [0, 0.1) is 5.92 Å². The first-order valence-corrected chi connectivity index (χ1v) is 9.13. The molecule has 1 aliphatic rings. The normalized spacial score (nSPS) is 20.6. The van der Waals surface area contributed by atoms with Crippen LogP contribution in [-0.4, -0.2) is 55.0 Å². The molecule has 0 saturated carbocycles. The molecule has 1 aromatic carbocycles. The fourth-order valence-electron chi connectivity index (χ4n) is 2.98. The van der Waals surface area contributed by atoms with E-state index in [4.69, 9.17) is 0 Å². The maximum atomic E-state index is 12.1. The van der Waals surface area contributed by atoms with Gasteiger partial charge in [0.15, 0.2) is 5.96 Å². The van der Waals surface area contributed by atoms with E-state index in [1.54, 1.807) is 0 Å². The predicted octanol–water partition coefficient (Wildman–Crippen LogP) is 2.53. The molecule has 0 aromatic heterocycles. The van der Waals surface area contributed by atoms with Crippen LogP contribution in [0.2, 0.25) is 0 Å². The number of rotatable bonds is 6. The van der Waals surface area contributed by atoms with Crippen LogP contribution in [-0.2, 0) is 4.79 Å². The summed E-state index contributed by atoms with van der Waals surface area (Å²) < 4.78 is 0. The van der Waals surface area contributed by atoms with E-state index < -0.39 is 0 Å².